The molecule has 10 heteroatoms. The van der Waals surface area contributed by atoms with Crippen LogP contribution in [-0.4, -0.2) is 29.4 Å². The first-order valence-electron chi connectivity index (χ1n) is 12.4. The Morgan fingerprint density at radius 1 is 1.05 bits per heavy atom. The molecule has 2 N–H and O–H groups in total. The number of halogens is 6. The van der Waals surface area contributed by atoms with E-state index in [0.717, 1.165) is 0 Å². The van der Waals surface area contributed by atoms with Gasteiger partial charge in [0.1, 0.15) is 11.3 Å². The molecule has 0 saturated heterocycles. The number of aliphatic carboxylic acids is 1. The fourth-order valence-electron chi connectivity index (χ4n) is 5.69. The molecule has 2 saturated carbocycles. The molecule has 0 radical (unpaired) electrons. The molecule has 0 bridgehead atoms. The molecule has 4 nitrogen and oxygen atoms in total. The van der Waals surface area contributed by atoms with Crippen LogP contribution in [0.1, 0.15) is 70.0 Å². The van der Waals surface area contributed by atoms with Crippen LogP contribution >= 0.6 is 0 Å². The standard InChI is InChI=1S/C27H31F6NO3/c1-14(34-22-13-20(24(35)36)25(22,2)3)16-5-4-15-6-11-21(23(19(15)12-16)27(31,32)33)37-18-9-7-17(8-10-18)26(28,29)30/h4-6,11-12,14,17-18,20,22,34H,7-10,13H2,1-3H3,(H,35,36)/t14?,17-,18+,20-,22-/m1/s1. The third-order valence-corrected chi connectivity index (χ3v) is 8.24. The van der Waals surface area contributed by atoms with E-state index >= 15 is 0 Å². The molecule has 2 fully saturated rings. The Hall–Kier alpha value is -2.49. The zero-order valence-electron chi connectivity index (χ0n) is 20.8. The minimum Gasteiger partial charge on any atom is -0.490 e. The van der Waals surface area contributed by atoms with Crippen LogP contribution in [0.5, 0.6) is 5.75 Å². The van der Waals surface area contributed by atoms with Crippen molar-refractivity contribution < 1.29 is 41.0 Å². The number of alkyl halides is 6. The zero-order valence-corrected chi connectivity index (χ0v) is 20.8. The average molecular weight is 532 g/mol. The van der Waals surface area contributed by atoms with Gasteiger partial charge in [0.15, 0.2) is 0 Å². The summed E-state index contributed by atoms with van der Waals surface area (Å²) in [6.07, 6.45) is -9.60. The fraction of sp³-hybridized carbons (Fsp3) is 0.593. The van der Waals surface area contributed by atoms with Crippen molar-refractivity contribution in [2.45, 2.75) is 83.4 Å². The number of carboxylic acids is 1. The van der Waals surface area contributed by atoms with Gasteiger partial charge >= 0.3 is 18.3 Å². The summed E-state index contributed by atoms with van der Waals surface area (Å²) in [4.78, 5) is 11.4. The molecule has 0 heterocycles. The molecule has 0 spiro atoms. The van der Waals surface area contributed by atoms with Crippen LogP contribution in [0, 0.1) is 17.3 Å². The topological polar surface area (TPSA) is 58.6 Å². The highest BCUT2D eigenvalue weighted by Gasteiger charge is 2.52. The number of carbonyl (C=O) groups is 1. The number of ether oxygens (including phenoxy) is 1. The zero-order chi connectivity index (χ0) is 27.3. The van der Waals surface area contributed by atoms with Crippen molar-refractivity contribution in [3.05, 3.63) is 41.5 Å². The van der Waals surface area contributed by atoms with Crippen molar-refractivity contribution >= 4 is 16.7 Å². The van der Waals surface area contributed by atoms with Gasteiger partial charge in [0.25, 0.3) is 0 Å². The van der Waals surface area contributed by atoms with Gasteiger partial charge in [-0.15, -0.1) is 0 Å². The van der Waals surface area contributed by atoms with E-state index in [2.05, 4.69) is 5.32 Å². The van der Waals surface area contributed by atoms with E-state index in [1.807, 2.05) is 20.8 Å². The van der Waals surface area contributed by atoms with Crippen molar-refractivity contribution in [2.24, 2.45) is 17.3 Å². The van der Waals surface area contributed by atoms with E-state index in [-0.39, 0.29) is 48.9 Å². The van der Waals surface area contributed by atoms with E-state index in [4.69, 9.17) is 4.74 Å². The lowest BCUT2D eigenvalue weighted by molar-refractivity contribution is -0.185. The van der Waals surface area contributed by atoms with Crippen LogP contribution in [0.25, 0.3) is 10.8 Å². The summed E-state index contributed by atoms with van der Waals surface area (Å²) in [5.41, 5.74) is -0.831. The number of rotatable bonds is 6. The van der Waals surface area contributed by atoms with Crippen LogP contribution < -0.4 is 10.1 Å². The Labute approximate surface area is 211 Å². The third-order valence-electron chi connectivity index (χ3n) is 8.24. The Morgan fingerprint density at radius 3 is 2.22 bits per heavy atom. The molecule has 3 atom stereocenters. The lowest BCUT2D eigenvalue weighted by Gasteiger charge is -2.51. The SMILES string of the molecule is CC(N[C@@H]1C[C@H](C(=O)O)C1(C)C)c1ccc2ccc(O[C@H]3CC[C@@H](C(F)(F)F)CC3)c(C(F)(F)F)c2c1. The number of nitrogens with one attached hydrogen (secondary N) is 1. The highest BCUT2D eigenvalue weighted by Crippen LogP contribution is 2.48. The maximum absolute atomic E-state index is 14.3. The molecular formula is C27H31F6NO3. The summed E-state index contributed by atoms with van der Waals surface area (Å²) in [5.74, 6) is -3.18. The molecule has 0 aliphatic heterocycles. The summed E-state index contributed by atoms with van der Waals surface area (Å²) in [6, 6.07) is 7.11. The first-order chi connectivity index (χ1) is 17.1. The number of benzene rings is 2. The monoisotopic (exact) mass is 531 g/mol. The predicted octanol–water partition coefficient (Wildman–Crippen LogP) is 7.51. The summed E-state index contributed by atoms with van der Waals surface area (Å²) < 4.78 is 87.4. The smallest absolute Gasteiger partial charge is 0.420 e. The van der Waals surface area contributed by atoms with Crippen LogP contribution in [0.15, 0.2) is 30.3 Å². The quantitative estimate of drug-likeness (QED) is 0.379. The van der Waals surface area contributed by atoms with Gasteiger partial charge in [-0.05, 0) is 72.9 Å². The minimum atomic E-state index is -4.74. The first-order valence-corrected chi connectivity index (χ1v) is 12.4. The lowest BCUT2D eigenvalue weighted by Crippen LogP contribution is -2.59. The maximum atomic E-state index is 14.3. The summed E-state index contributed by atoms with van der Waals surface area (Å²) in [5, 5.41) is 13.0. The molecule has 0 aromatic heterocycles. The van der Waals surface area contributed by atoms with Gasteiger partial charge < -0.3 is 15.2 Å². The third kappa shape index (κ3) is 5.54. The predicted molar refractivity (Wildman–Crippen MR) is 126 cm³/mol. The second-order valence-corrected chi connectivity index (χ2v) is 10.9. The minimum absolute atomic E-state index is 0.0367. The van der Waals surface area contributed by atoms with Gasteiger partial charge in [-0.1, -0.05) is 32.0 Å². The number of carboxylic acid groups (broad SMARTS) is 1. The highest BCUT2D eigenvalue weighted by molar-refractivity contribution is 5.89. The van der Waals surface area contributed by atoms with Crippen LogP contribution in [0.4, 0.5) is 26.3 Å². The van der Waals surface area contributed by atoms with Gasteiger partial charge in [-0.25, -0.2) is 0 Å². The normalized spacial score (nSPS) is 26.9. The molecule has 2 aromatic rings. The Bertz CT molecular complexity index is 1150. The highest BCUT2D eigenvalue weighted by atomic mass is 19.4. The molecule has 2 aliphatic rings. The van der Waals surface area contributed by atoms with E-state index in [9.17, 15) is 36.2 Å². The molecule has 0 amide bonds. The van der Waals surface area contributed by atoms with Gasteiger partial charge in [0.05, 0.1) is 17.9 Å². The Kier molecular flexibility index (Phi) is 7.20. The van der Waals surface area contributed by atoms with Gasteiger partial charge in [0, 0.05) is 12.1 Å². The molecular weight excluding hydrogens is 500 g/mol. The second kappa shape index (κ2) is 9.67. The molecule has 2 aliphatic carbocycles. The van der Waals surface area contributed by atoms with E-state index < -0.39 is 47.2 Å². The van der Waals surface area contributed by atoms with E-state index in [1.54, 1.807) is 12.1 Å². The number of hydrogen-bond donors (Lipinski definition) is 2. The van der Waals surface area contributed by atoms with Gasteiger partial charge in [0.2, 0.25) is 0 Å². The fourth-order valence-corrected chi connectivity index (χ4v) is 5.69. The molecule has 4 rings (SSSR count). The maximum Gasteiger partial charge on any atom is 0.420 e. The largest absolute Gasteiger partial charge is 0.490 e. The van der Waals surface area contributed by atoms with Crippen molar-refractivity contribution in [1.82, 2.24) is 5.32 Å². The molecule has 2 aromatic carbocycles. The lowest BCUT2D eigenvalue weighted by atomic mass is 9.58. The van der Waals surface area contributed by atoms with Crippen molar-refractivity contribution in [2.75, 3.05) is 0 Å². The van der Waals surface area contributed by atoms with Crippen molar-refractivity contribution in [1.29, 1.82) is 0 Å². The van der Waals surface area contributed by atoms with Gasteiger partial charge in [-0.3, -0.25) is 4.79 Å². The number of hydrogen-bond acceptors (Lipinski definition) is 3. The summed E-state index contributed by atoms with van der Waals surface area (Å²) in [6.45, 7) is 5.53. The van der Waals surface area contributed by atoms with E-state index in [0.29, 0.717) is 17.4 Å². The molecule has 37 heavy (non-hydrogen) atoms. The molecule has 204 valence electrons. The first kappa shape index (κ1) is 27.5. The van der Waals surface area contributed by atoms with Crippen LogP contribution in [-0.2, 0) is 11.0 Å². The Balaban J connectivity index is 1.58. The average Bonchev–Trinajstić information content (AvgIpc) is 2.79. The summed E-state index contributed by atoms with van der Waals surface area (Å²) >= 11 is 0. The number of fused-ring (bicyclic) bond motifs is 1. The molecule has 1 unspecified atom stereocenters. The Morgan fingerprint density at radius 2 is 1.68 bits per heavy atom. The summed E-state index contributed by atoms with van der Waals surface area (Å²) in [7, 11) is 0. The second-order valence-electron chi connectivity index (χ2n) is 10.9. The van der Waals surface area contributed by atoms with Gasteiger partial charge in [-0.2, -0.15) is 26.3 Å². The van der Waals surface area contributed by atoms with E-state index in [1.165, 1.54) is 18.2 Å². The van der Waals surface area contributed by atoms with Crippen molar-refractivity contribution in [3.63, 3.8) is 0 Å². The van der Waals surface area contributed by atoms with Crippen LogP contribution in [0.2, 0.25) is 0 Å². The van der Waals surface area contributed by atoms with Crippen molar-refractivity contribution in [3.8, 4) is 5.75 Å². The van der Waals surface area contributed by atoms with Crippen LogP contribution in [0.3, 0.4) is 0 Å².